The topological polar surface area (TPSA) is 9.23 Å². The van der Waals surface area contributed by atoms with Crippen LogP contribution in [-0.2, 0) is 0 Å². The first kappa shape index (κ1) is 12.0. The summed E-state index contributed by atoms with van der Waals surface area (Å²) in [6, 6.07) is 4.87. The van der Waals surface area contributed by atoms with E-state index in [1.807, 2.05) is 0 Å². The third-order valence-electron chi connectivity index (χ3n) is 2.71. The molecule has 0 amide bonds. The lowest BCUT2D eigenvalue weighted by Crippen LogP contribution is -2.03. The summed E-state index contributed by atoms with van der Waals surface area (Å²) < 4.78 is 18.5. The molecule has 0 spiro atoms. The first-order chi connectivity index (χ1) is 7.13. The SMILES string of the molecule is CCC(C)CCOc1ccc(F)c(C)c1. The maximum atomic E-state index is 12.9. The molecule has 1 nitrogen and oxygen atoms in total. The van der Waals surface area contributed by atoms with Crippen molar-refractivity contribution in [1.82, 2.24) is 0 Å². The van der Waals surface area contributed by atoms with E-state index in [4.69, 9.17) is 4.74 Å². The van der Waals surface area contributed by atoms with Crippen LogP contribution < -0.4 is 4.74 Å². The second-order valence-corrected chi connectivity index (χ2v) is 4.06. The monoisotopic (exact) mass is 210 g/mol. The van der Waals surface area contributed by atoms with E-state index in [1.54, 1.807) is 19.1 Å². The summed E-state index contributed by atoms with van der Waals surface area (Å²) in [5.74, 6) is 1.27. The minimum absolute atomic E-state index is 0.177. The van der Waals surface area contributed by atoms with Crippen molar-refractivity contribution in [1.29, 1.82) is 0 Å². The van der Waals surface area contributed by atoms with E-state index < -0.39 is 0 Å². The highest BCUT2D eigenvalue weighted by Crippen LogP contribution is 2.17. The maximum absolute atomic E-state index is 12.9. The lowest BCUT2D eigenvalue weighted by molar-refractivity contribution is 0.281. The van der Waals surface area contributed by atoms with Gasteiger partial charge in [0.2, 0.25) is 0 Å². The van der Waals surface area contributed by atoms with Crippen molar-refractivity contribution in [3.05, 3.63) is 29.6 Å². The van der Waals surface area contributed by atoms with Crippen molar-refractivity contribution in [2.24, 2.45) is 5.92 Å². The van der Waals surface area contributed by atoms with Crippen LogP contribution in [0.15, 0.2) is 18.2 Å². The Hall–Kier alpha value is -1.05. The quantitative estimate of drug-likeness (QED) is 0.715. The van der Waals surface area contributed by atoms with Gasteiger partial charge in [0.15, 0.2) is 0 Å². The molecular formula is C13H19FO. The summed E-state index contributed by atoms with van der Waals surface area (Å²) in [6.45, 7) is 6.84. The number of benzene rings is 1. The third kappa shape index (κ3) is 3.90. The molecule has 0 aliphatic heterocycles. The average Bonchev–Trinajstić information content (AvgIpc) is 2.23. The molecule has 0 aliphatic carbocycles. The van der Waals surface area contributed by atoms with Gasteiger partial charge in [-0.05, 0) is 43.0 Å². The van der Waals surface area contributed by atoms with Crippen molar-refractivity contribution < 1.29 is 9.13 Å². The molecule has 1 aromatic rings. The zero-order valence-electron chi connectivity index (χ0n) is 9.72. The highest BCUT2D eigenvalue weighted by Gasteiger charge is 2.01. The van der Waals surface area contributed by atoms with Crippen molar-refractivity contribution in [2.75, 3.05) is 6.61 Å². The molecule has 84 valence electrons. The Morgan fingerprint density at radius 2 is 2.13 bits per heavy atom. The molecule has 0 N–H and O–H groups in total. The number of aryl methyl sites for hydroxylation is 1. The molecule has 0 heterocycles. The van der Waals surface area contributed by atoms with E-state index in [9.17, 15) is 4.39 Å². The van der Waals surface area contributed by atoms with E-state index >= 15 is 0 Å². The molecule has 0 saturated heterocycles. The zero-order chi connectivity index (χ0) is 11.3. The van der Waals surface area contributed by atoms with Crippen LogP contribution >= 0.6 is 0 Å². The third-order valence-corrected chi connectivity index (χ3v) is 2.71. The zero-order valence-corrected chi connectivity index (χ0v) is 9.72. The highest BCUT2D eigenvalue weighted by molar-refractivity contribution is 5.28. The summed E-state index contributed by atoms with van der Waals surface area (Å²) in [6.07, 6.45) is 2.22. The summed E-state index contributed by atoms with van der Waals surface area (Å²) >= 11 is 0. The van der Waals surface area contributed by atoms with Crippen LogP contribution in [0.5, 0.6) is 5.75 Å². The van der Waals surface area contributed by atoms with Crippen molar-refractivity contribution in [2.45, 2.75) is 33.6 Å². The van der Waals surface area contributed by atoms with Crippen LogP contribution in [0.3, 0.4) is 0 Å². The Morgan fingerprint density at radius 3 is 2.73 bits per heavy atom. The van der Waals surface area contributed by atoms with Gasteiger partial charge in [0.05, 0.1) is 6.61 Å². The summed E-state index contributed by atoms with van der Waals surface area (Å²) in [5.41, 5.74) is 0.635. The first-order valence-electron chi connectivity index (χ1n) is 5.52. The molecule has 0 aromatic heterocycles. The van der Waals surface area contributed by atoms with E-state index in [0.717, 1.165) is 12.2 Å². The minimum atomic E-state index is -0.177. The van der Waals surface area contributed by atoms with E-state index in [-0.39, 0.29) is 5.82 Å². The summed E-state index contributed by atoms with van der Waals surface area (Å²) in [4.78, 5) is 0. The number of ether oxygens (including phenoxy) is 1. The van der Waals surface area contributed by atoms with Gasteiger partial charge in [-0.3, -0.25) is 0 Å². The molecular weight excluding hydrogens is 191 g/mol. The lowest BCUT2D eigenvalue weighted by atomic mass is 10.1. The van der Waals surface area contributed by atoms with E-state index in [0.29, 0.717) is 18.1 Å². The standard InChI is InChI=1S/C13H19FO/c1-4-10(2)7-8-15-12-5-6-13(14)11(3)9-12/h5-6,9-10H,4,7-8H2,1-3H3. The summed E-state index contributed by atoms with van der Waals surface area (Å²) in [7, 11) is 0. The maximum Gasteiger partial charge on any atom is 0.126 e. The molecule has 0 aliphatic rings. The Balaban J connectivity index is 2.41. The number of hydrogen-bond donors (Lipinski definition) is 0. The van der Waals surface area contributed by atoms with Gasteiger partial charge >= 0.3 is 0 Å². The molecule has 2 heteroatoms. The second-order valence-electron chi connectivity index (χ2n) is 4.06. The van der Waals surface area contributed by atoms with Gasteiger partial charge in [-0.1, -0.05) is 20.3 Å². The molecule has 0 fully saturated rings. The Kier molecular flexibility index (Phi) is 4.60. The largest absolute Gasteiger partial charge is 0.494 e. The van der Waals surface area contributed by atoms with Gasteiger partial charge in [0, 0.05) is 0 Å². The Bertz CT molecular complexity index is 309. The van der Waals surface area contributed by atoms with Crippen LogP contribution in [0, 0.1) is 18.7 Å². The number of hydrogen-bond acceptors (Lipinski definition) is 1. The van der Waals surface area contributed by atoms with Crippen molar-refractivity contribution >= 4 is 0 Å². The molecule has 1 rings (SSSR count). The Morgan fingerprint density at radius 1 is 1.40 bits per heavy atom. The first-order valence-corrected chi connectivity index (χ1v) is 5.52. The van der Waals surface area contributed by atoms with Crippen molar-refractivity contribution in [3.63, 3.8) is 0 Å². The van der Waals surface area contributed by atoms with Gasteiger partial charge in [-0.15, -0.1) is 0 Å². The number of rotatable bonds is 5. The van der Waals surface area contributed by atoms with Crippen LogP contribution in [0.1, 0.15) is 32.3 Å². The molecule has 0 bridgehead atoms. The minimum Gasteiger partial charge on any atom is -0.494 e. The normalized spacial score (nSPS) is 12.5. The Labute approximate surface area is 91.3 Å². The molecule has 1 unspecified atom stereocenters. The highest BCUT2D eigenvalue weighted by atomic mass is 19.1. The van der Waals surface area contributed by atoms with E-state index in [1.165, 1.54) is 12.5 Å². The molecule has 1 aromatic carbocycles. The second kappa shape index (κ2) is 5.74. The van der Waals surface area contributed by atoms with Crippen molar-refractivity contribution in [3.8, 4) is 5.75 Å². The fourth-order valence-corrected chi connectivity index (χ4v) is 1.29. The average molecular weight is 210 g/mol. The number of halogens is 1. The van der Waals surface area contributed by atoms with Gasteiger partial charge in [-0.2, -0.15) is 0 Å². The van der Waals surface area contributed by atoms with Crippen LogP contribution in [0.2, 0.25) is 0 Å². The summed E-state index contributed by atoms with van der Waals surface area (Å²) in [5, 5.41) is 0. The fraction of sp³-hybridized carbons (Fsp3) is 0.538. The lowest BCUT2D eigenvalue weighted by Gasteiger charge is -2.10. The van der Waals surface area contributed by atoms with Crippen LogP contribution in [0.25, 0.3) is 0 Å². The van der Waals surface area contributed by atoms with Gasteiger partial charge in [0.1, 0.15) is 11.6 Å². The predicted octanol–water partition coefficient (Wildman–Crippen LogP) is 3.95. The van der Waals surface area contributed by atoms with Crippen LogP contribution in [-0.4, -0.2) is 6.61 Å². The predicted molar refractivity (Wildman–Crippen MR) is 60.7 cm³/mol. The fourth-order valence-electron chi connectivity index (χ4n) is 1.29. The molecule has 0 radical (unpaired) electrons. The molecule has 15 heavy (non-hydrogen) atoms. The molecule has 0 saturated carbocycles. The van der Waals surface area contributed by atoms with E-state index in [2.05, 4.69) is 13.8 Å². The van der Waals surface area contributed by atoms with Crippen LogP contribution in [0.4, 0.5) is 4.39 Å². The molecule has 1 atom stereocenters. The van der Waals surface area contributed by atoms with Gasteiger partial charge < -0.3 is 4.74 Å². The van der Waals surface area contributed by atoms with Gasteiger partial charge in [0.25, 0.3) is 0 Å². The smallest absolute Gasteiger partial charge is 0.126 e. The van der Waals surface area contributed by atoms with Gasteiger partial charge in [-0.25, -0.2) is 4.39 Å².